The first kappa shape index (κ1) is 14.2. The van der Waals surface area contributed by atoms with E-state index in [1.165, 1.54) is 6.92 Å². The van der Waals surface area contributed by atoms with E-state index in [0.717, 1.165) is 11.3 Å². The first-order valence-electron chi connectivity index (χ1n) is 6.04. The fourth-order valence-electron chi connectivity index (χ4n) is 1.61. The molecule has 0 unspecified atom stereocenters. The topological polar surface area (TPSA) is 58.2 Å². The molecule has 1 rings (SSSR count). The molecule has 18 heavy (non-hydrogen) atoms. The molecule has 1 aromatic carbocycles. The summed E-state index contributed by atoms with van der Waals surface area (Å²) < 4.78 is 0. The Morgan fingerprint density at radius 3 is 2.11 bits per heavy atom. The largest absolute Gasteiger partial charge is 0.344 e. The van der Waals surface area contributed by atoms with Crippen molar-refractivity contribution >= 4 is 17.5 Å². The second kappa shape index (κ2) is 6.19. The molecule has 0 spiro atoms. The highest BCUT2D eigenvalue weighted by atomic mass is 16.2. The summed E-state index contributed by atoms with van der Waals surface area (Å²) >= 11 is 0. The van der Waals surface area contributed by atoms with Gasteiger partial charge < -0.3 is 10.6 Å². The molecule has 0 aromatic heterocycles. The van der Waals surface area contributed by atoms with Crippen molar-refractivity contribution in [3.05, 3.63) is 29.8 Å². The zero-order chi connectivity index (χ0) is 13.7. The van der Waals surface area contributed by atoms with Gasteiger partial charge in [0.15, 0.2) is 0 Å². The number of hydrogen-bond donors (Lipinski definition) is 2. The van der Waals surface area contributed by atoms with E-state index in [9.17, 15) is 9.59 Å². The predicted molar refractivity (Wildman–Crippen MR) is 72.3 cm³/mol. The van der Waals surface area contributed by atoms with Gasteiger partial charge in [-0.3, -0.25) is 9.59 Å². The fraction of sp³-hybridized carbons (Fsp3) is 0.429. The zero-order valence-corrected chi connectivity index (χ0v) is 11.3. The van der Waals surface area contributed by atoms with Crippen LogP contribution in [0.3, 0.4) is 0 Å². The Labute approximate surface area is 108 Å². The Bertz CT molecular complexity index is 424. The summed E-state index contributed by atoms with van der Waals surface area (Å²) in [5, 5.41) is 5.46. The molecule has 2 amide bonds. The van der Waals surface area contributed by atoms with Crippen molar-refractivity contribution in [1.29, 1.82) is 0 Å². The van der Waals surface area contributed by atoms with Gasteiger partial charge in [-0.25, -0.2) is 0 Å². The number of anilines is 1. The lowest BCUT2D eigenvalue weighted by Crippen LogP contribution is -2.46. The minimum atomic E-state index is -0.510. The Balaban J connectivity index is 2.72. The smallest absolute Gasteiger partial charge is 0.247 e. The molecule has 0 heterocycles. The van der Waals surface area contributed by atoms with Gasteiger partial charge in [-0.1, -0.05) is 31.5 Å². The van der Waals surface area contributed by atoms with Crippen molar-refractivity contribution in [3.63, 3.8) is 0 Å². The number of rotatable bonds is 4. The lowest BCUT2D eigenvalue weighted by atomic mass is 10.0. The molecule has 0 saturated carbocycles. The molecule has 1 aromatic rings. The molecular formula is C14H20N2O2. The van der Waals surface area contributed by atoms with Crippen molar-refractivity contribution < 1.29 is 9.59 Å². The number of benzene rings is 1. The van der Waals surface area contributed by atoms with Gasteiger partial charge in [-0.15, -0.1) is 0 Å². The van der Waals surface area contributed by atoms with Crippen molar-refractivity contribution in [1.82, 2.24) is 5.32 Å². The van der Waals surface area contributed by atoms with Crippen LogP contribution >= 0.6 is 0 Å². The van der Waals surface area contributed by atoms with Gasteiger partial charge in [-0.2, -0.15) is 0 Å². The van der Waals surface area contributed by atoms with Crippen LogP contribution in [0.25, 0.3) is 0 Å². The molecule has 1 atom stereocenters. The fourth-order valence-corrected chi connectivity index (χ4v) is 1.61. The predicted octanol–water partition coefficient (Wildman–Crippen LogP) is 2.09. The van der Waals surface area contributed by atoms with Crippen LogP contribution in [0.15, 0.2) is 24.3 Å². The van der Waals surface area contributed by atoms with Gasteiger partial charge in [0.25, 0.3) is 0 Å². The average molecular weight is 248 g/mol. The van der Waals surface area contributed by atoms with E-state index in [-0.39, 0.29) is 17.7 Å². The summed E-state index contributed by atoms with van der Waals surface area (Å²) in [6.45, 7) is 7.19. The summed E-state index contributed by atoms with van der Waals surface area (Å²) in [4.78, 5) is 23.1. The standard InChI is InChI=1S/C14H20N2O2/c1-9(2)13(15-11(4)17)14(18)16-12-7-5-10(3)6-8-12/h5-9,13H,1-4H3,(H,15,17)(H,16,18)/t13-/m0/s1. The second-order valence-corrected chi connectivity index (χ2v) is 4.78. The highest BCUT2D eigenvalue weighted by molar-refractivity contribution is 5.97. The minimum Gasteiger partial charge on any atom is -0.344 e. The molecule has 0 bridgehead atoms. The lowest BCUT2D eigenvalue weighted by molar-refractivity contribution is -0.126. The number of nitrogens with one attached hydrogen (secondary N) is 2. The van der Waals surface area contributed by atoms with Gasteiger partial charge in [0.05, 0.1) is 0 Å². The quantitative estimate of drug-likeness (QED) is 0.857. The van der Waals surface area contributed by atoms with Crippen molar-refractivity contribution in [3.8, 4) is 0 Å². The third-order valence-corrected chi connectivity index (χ3v) is 2.63. The van der Waals surface area contributed by atoms with Gasteiger partial charge in [-0.05, 0) is 25.0 Å². The van der Waals surface area contributed by atoms with Gasteiger partial charge in [0.1, 0.15) is 6.04 Å². The molecule has 98 valence electrons. The first-order valence-corrected chi connectivity index (χ1v) is 6.04. The van der Waals surface area contributed by atoms with Crippen LogP contribution in [0, 0.1) is 12.8 Å². The van der Waals surface area contributed by atoms with E-state index >= 15 is 0 Å². The van der Waals surface area contributed by atoms with Crippen LogP contribution in [-0.2, 0) is 9.59 Å². The second-order valence-electron chi connectivity index (χ2n) is 4.78. The van der Waals surface area contributed by atoms with Crippen molar-refractivity contribution in [2.75, 3.05) is 5.32 Å². The first-order chi connectivity index (χ1) is 8.40. The maximum atomic E-state index is 12.0. The highest BCUT2D eigenvalue weighted by Crippen LogP contribution is 2.11. The molecule has 0 saturated heterocycles. The van der Waals surface area contributed by atoms with E-state index in [0.29, 0.717) is 0 Å². The van der Waals surface area contributed by atoms with Crippen LogP contribution in [0.2, 0.25) is 0 Å². The minimum absolute atomic E-state index is 0.0411. The van der Waals surface area contributed by atoms with Crippen LogP contribution in [-0.4, -0.2) is 17.9 Å². The zero-order valence-electron chi connectivity index (χ0n) is 11.3. The Morgan fingerprint density at radius 1 is 1.11 bits per heavy atom. The number of aryl methyl sites for hydroxylation is 1. The van der Waals surface area contributed by atoms with Gasteiger partial charge in [0, 0.05) is 12.6 Å². The van der Waals surface area contributed by atoms with E-state index in [2.05, 4.69) is 10.6 Å². The van der Waals surface area contributed by atoms with Crippen molar-refractivity contribution in [2.45, 2.75) is 33.7 Å². The molecule has 0 aliphatic heterocycles. The van der Waals surface area contributed by atoms with Crippen molar-refractivity contribution in [2.24, 2.45) is 5.92 Å². The lowest BCUT2D eigenvalue weighted by Gasteiger charge is -2.20. The third-order valence-electron chi connectivity index (χ3n) is 2.63. The maximum Gasteiger partial charge on any atom is 0.247 e. The van der Waals surface area contributed by atoms with Crippen LogP contribution < -0.4 is 10.6 Å². The van der Waals surface area contributed by atoms with E-state index < -0.39 is 6.04 Å². The van der Waals surface area contributed by atoms with E-state index in [4.69, 9.17) is 0 Å². The monoisotopic (exact) mass is 248 g/mol. The third kappa shape index (κ3) is 4.20. The van der Waals surface area contributed by atoms with Crippen LogP contribution in [0.4, 0.5) is 5.69 Å². The maximum absolute atomic E-state index is 12.0. The van der Waals surface area contributed by atoms with Crippen LogP contribution in [0.1, 0.15) is 26.3 Å². The molecular weight excluding hydrogens is 228 g/mol. The molecule has 4 heteroatoms. The Morgan fingerprint density at radius 2 is 1.67 bits per heavy atom. The summed E-state index contributed by atoms with van der Waals surface area (Å²) in [6.07, 6.45) is 0. The van der Waals surface area contributed by atoms with Crippen LogP contribution in [0.5, 0.6) is 0 Å². The van der Waals surface area contributed by atoms with E-state index in [1.54, 1.807) is 0 Å². The molecule has 2 N–H and O–H groups in total. The summed E-state index contributed by atoms with van der Waals surface area (Å²) in [5.41, 5.74) is 1.87. The summed E-state index contributed by atoms with van der Waals surface area (Å²) in [6, 6.07) is 7.04. The SMILES string of the molecule is CC(=O)N[C@H](C(=O)Nc1ccc(C)cc1)C(C)C. The number of hydrogen-bond acceptors (Lipinski definition) is 2. The highest BCUT2D eigenvalue weighted by Gasteiger charge is 2.22. The molecule has 0 radical (unpaired) electrons. The Kier molecular flexibility index (Phi) is 4.89. The average Bonchev–Trinajstić information content (AvgIpc) is 2.28. The number of carbonyl (C=O) groups excluding carboxylic acids is 2. The molecule has 0 aliphatic carbocycles. The normalized spacial score (nSPS) is 12.1. The number of carbonyl (C=O) groups is 2. The van der Waals surface area contributed by atoms with Gasteiger partial charge >= 0.3 is 0 Å². The van der Waals surface area contributed by atoms with Gasteiger partial charge in [0.2, 0.25) is 11.8 Å². The Hall–Kier alpha value is -1.84. The summed E-state index contributed by atoms with van der Waals surface area (Å²) in [5.74, 6) is -0.351. The number of amides is 2. The molecule has 0 aliphatic rings. The van der Waals surface area contributed by atoms with E-state index in [1.807, 2.05) is 45.0 Å². The molecule has 4 nitrogen and oxygen atoms in total. The summed E-state index contributed by atoms with van der Waals surface area (Å²) in [7, 11) is 0. The molecule has 0 fully saturated rings.